The zero-order valence-corrected chi connectivity index (χ0v) is 7.99. The molecule has 0 aromatic heterocycles. The third-order valence-electron chi connectivity index (χ3n) is 1.83. The average molecular weight is 177 g/mol. The molecule has 0 aliphatic carbocycles. The molecule has 13 heavy (non-hydrogen) atoms. The summed E-state index contributed by atoms with van der Waals surface area (Å²) in [6.07, 6.45) is 3.80. The van der Waals surface area contributed by atoms with Crippen molar-refractivity contribution in [2.45, 2.75) is 19.9 Å². The first-order valence-electron chi connectivity index (χ1n) is 4.33. The van der Waals surface area contributed by atoms with Crippen molar-refractivity contribution in [1.29, 1.82) is 0 Å². The van der Waals surface area contributed by atoms with Crippen LogP contribution in [-0.2, 0) is 0 Å². The molecule has 0 saturated heterocycles. The van der Waals surface area contributed by atoms with Gasteiger partial charge in [0.15, 0.2) is 0 Å². The predicted molar refractivity (Wildman–Crippen MR) is 55.5 cm³/mol. The second kappa shape index (κ2) is 4.10. The van der Waals surface area contributed by atoms with Crippen molar-refractivity contribution in [2.75, 3.05) is 0 Å². The third kappa shape index (κ3) is 2.92. The Morgan fingerprint density at radius 3 is 2.69 bits per heavy atom. The van der Waals surface area contributed by atoms with Crippen molar-refractivity contribution in [1.82, 2.24) is 0 Å². The van der Waals surface area contributed by atoms with Crippen LogP contribution in [0.5, 0.6) is 5.75 Å². The fourth-order valence-corrected chi connectivity index (χ4v) is 0.993. The summed E-state index contributed by atoms with van der Waals surface area (Å²) in [5.74, 6) is 0.326. The Bertz CT molecular complexity index is 316. The normalized spacial score (nSPS) is 13.5. The lowest BCUT2D eigenvalue weighted by molar-refractivity contribution is 0.471. The minimum absolute atomic E-state index is 0.0449. The fourth-order valence-electron chi connectivity index (χ4n) is 0.993. The van der Waals surface area contributed by atoms with E-state index >= 15 is 0 Å². The lowest BCUT2D eigenvalue weighted by atomic mass is 10.1. The quantitative estimate of drug-likeness (QED) is 0.726. The Hall–Kier alpha value is -1.28. The van der Waals surface area contributed by atoms with Crippen LogP contribution in [-0.4, -0.2) is 11.1 Å². The Labute approximate surface area is 78.7 Å². The van der Waals surface area contributed by atoms with Gasteiger partial charge in [-0.2, -0.15) is 0 Å². The Morgan fingerprint density at radius 1 is 1.46 bits per heavy atom. The molecule has 0 spiro atoms. The zero-order chi connectivity index (χ0) is 9.84. The van der Waals surface area contributed by atoms with E-state index in [2.05, 4.69) is 0 Å². The van der Waals surface area contributed by atoms with Gasteiger partial charge in [-0.15, -0.1) is 0 Å². The van der Waals surface area contributed by atoms with Crippen LogP contribution < -0.4 is 5.73 Å². The van der Waals surface area contributed by atoms with E-state index in [1.54, 1.807) is 6.07 Å². The van der Waals surface area contributed by atoms with Gasteiger partial charge < -0.3 is 10.8 Å². The van der Waals surface area contributed by atoms with Gasteiger partial charge in [-0.05, 0) is 31.0 Å². The third-order valence-corrected chi connectivity index (χ3v) is 1.83. The van der Waals surface area contributed by atoms with Gasteiger partial charge in [0.1, 0.15) is 5.75 Å². The number of aryl methyl sites for hydroxylation is 1. The summed E-state index contributed by atoms with van der Waals surface area (Å²) < 4.78 is 0. The number of rotatable bonds is 2. The van der Waals surface area contributed by atoms with Gasteiger partial charge in [0.25, 0.3) is 0 Å². The molecule has 70 valence electrons. The van der Waals surface area contributed by atoms with Crippen LogP contribution in [0.25, 0.3) is 6.08 Å². The molecule has 1 aromatic carbocycles. The summed E-state index contributed by atoms with van der Waals surface area (Å²) in [7, 11) is 0. The number of aromatic hydroxyl groups is 1. The van der Waals surface area contributed by atoms with E-state index < -0.39 is 0 Å². The molecule has 1 unspecified atom stereocenters. The first kappa shape index (κ1) is 9.81. The minimum Gasteiger partial charge on any atom is -0.508 e. The molecule has 2 nitrogen and oxygen atoms in total. The number of phenols is 1. The van der Waals surface area contributed by atoms with Gasteiger partial charge in [-0.25, -0.2) is 0 Å². The molecule has 0 amide bonds. The summed E-state index contributed by atoms with van der Waals surface area (Å²) in [6.45, 7) is 3.78. The summed E-state index contributed by atoms with van der Waals surface area (Å²) in [5.41, 5.74) is 7.42. The molecular formula is C11H15NO. The van der Waals surface area contributed by atoms with Crippen LogP contribution in [0.3, 0.4) is 0 Å². The molecule has 2 heteroatoms. The molecule has 1 atom stereocenters. The second-order valence-electron chi connectivity index (χ2n) is 3.26. The van der Waals surface area contributed by atoms with E-state index in [0.29, 0.717) is 5.75 Å². The summed E-state index contributed by atoms with van der Waals surface area (Å²) in [5, 5.41) is 9.40. The molecule has 0 bridgehead atoms. The summed E-state index contributed by atoms with van der Waals surface area (Å²) in [6, 6.07) is 5.61. The van der Waals surface area contributed by atoms with Gasteiger partial charge in [0.2, 0.25) is 0 Å². The summed E-state index contributed by atoms with van der Waals surface area (Å²) in [4.78, 5) is 0. The van der Waals surface area contributed by atoms with E-state index in [4.69, 9.17) is 5.73 Å². The van der Waals surface area contributed by atoms with Gasteiger partial charge in [-0.1, -0.05) is 24.3 Å². The predicted octanol–water partition coefficient (Wildman–Crippen LogP) is 2.06. The highest BCUT2D eigenvalue weighted by atomic mass is 16.3. The molecule has 3 N–H and O–H groups in total. The largest absolute Gasteiger partial charge is 0.508 e. The summed E-state index contributed by atoms with van der Waals surface area (Å²) >= 11 is 0. The number of phenolic OH excluding ortho intramolecular Hbond substituents is 1. The second-order valence-corrected chi connectivity index (χ2v) is 3.26. The topological polar surface area (TPSA) is 46.2 Å². The Morgan fingerprint density at radius 2 is 2.15 bits per heavy atom. The molecule has 0 saturated carbocycles. The first-order valence-corrected chi connectivity index (χ1v) is 4.33. The lowest BCUT2D eigenvalue weighted by Gasteiger charge is -2.00. The molecule has 0 aliphatic heterocycles. The molecular weight excluding hydrogens is 162 g/mol. The van der Waals surface area contributed by atoms with Crippen molar-refractivity contribution in [3.8, 4) is 5.75 Å². The molecule has 0 fully saturated rings. The van der Waals surface area contributed by atoms with E-state index in [-0.39, 0.29) is 6.04 Å². The van der Waals surface area contributed by atoms with Gasteiger partial charge in [0.05, 0.1) is 0 Å². The van der Waals surface area contributed by atoms with Crippen molar-refractivity contribution in [3.05, 3.63) is 35.4 Å². The highest BCUT2D eigenvalue weighted by Gasteiger charge is 1.95. The van der Waals surface area contributed by atoms with E-state index in [0.717, 1.165) is 11.1 Å². The maximum absolute atomic E-state index is 9.40. The zero-order valence-electron chi connectivity index (χ0n) is 7.99. The Kier molecular flexibility index (Phi) is 3.09. The van der Waals surface area contributed by atoms with Crippen molar-refractivity contribution in [2.24, 2.45) is 5.73 Å². The smallest absolute Gasteiger partial charge is 0.119 e. The highest BCUT2D eigenvalue weighted by molar-refractivity contribution is 5.53. The Balaban J connectivity index is 2.85. The first-order chi connectivity index (χ1) is 6.09. The highest BCUT2D eigenvalue weighted by Crippen LogP contribution is 2.18. The number of nitrogens with two attached hydrogens (primary N) is 1. The fraction of sp³-hybridized carbons (Fsp3) is 0.273. The average Bonchev–Trinajstić information content (AvgIpc) is 2.07. The van der Waals surface area contributed by atoms with Crippen molar-refractivity contribution >= 4 is 6.08 Å². The van der Waals surface area contributed by atoms with Crippen LogP contribution >= 0.6 is 0 Å². The van der Waals surface area contributed by atoms with Crippen LogP contribution in [0.2, 0.25) is 0 Å². The minimum atomic E-state index is 0.0449. The number of hydrogen-bond acceptors (Lipinski definition) is 2. The van der Waals surface area contributed by atoms with Crippen LogP contribution in [0.4, 0.5) is 0 Å². The van der Waals surface area contributed by atoms with E-state index in [1.807, 2.05) is 38.1 Å². The maximum Gasteiger partial charge on any atom is 0.119 e. The van der Waals surface area contributed by atoms with E-state index in [1.165, 1.54) is 0 Å². The number of benzene rings is 1. The molecule has 0 heterocycles. The van der Waals surface area contributed by atoms with Crippen LogP contribution in [0.1, 0.15) is 18.1 Å². The lowest BCUT2D eigenvalue weighted by Crippen LogP contribution is -2.09. The monoisotopic (exact) mass is 177 g/mol. The van der Waals surface area contributed by atoms with Crippen LogP contribution in [0.15, 0.2) is 24.3 Å². The maximum atomic E-state index is 9.40. The van der Waals surface area contributed by atoms with Gasteiger partial charge in [-0.3, -0.25) is 0 Å². The molecule has 1 aromatic rings. The number of hydrogen-bond donors (Lipinski definition) is 2. The molecule has 0 aliphatic rings. The van der Waals surface area contributed by atoms with Gasteiger partial charge >= 0.3 is 0 Å². The van der Waals surface area contributed by atoms with Crippen LogP contribution in [0, 0.1) is 6.92 Å². The van der Waals surface area contributed by atoms with E-state index in [9.17, 15) is 5.11 Å². The standard InChI is InChI=1S/C11H15NO/c1-8-3-5-10(7-11(8)13)6-4-9(2)12/h3-7,9,13H,12H2,1-2H3/b6-4+. The van der Waals surface area contributed by atoms with Gasteiger partial charge in [0, 0.05) is 6.04 Å². The van der Waals surface area contributed by atoms with Crippen molar-refractivity contribution in [3.63, 3.8) is 0 Å². The molecule has 0 radical (unpaired) electrons. The SMILES string of the molecule is Cc1ccc(/C=C/C(C)N)cc1O. The molecule has 1 rings (SSSR count). The van der Waals surface area contributed by atoms with Crippen molar-refractivity contribution < 1.29 is 5.11 Å².